The Morgan fingerprint density at radius 1 is 1.44 bits per heavy atom. The van der Waals surface area contributed by atoms with E-state index in [0.717, 1.165) is 4.90 Å². The molecule has 1 heterocycles. The van der Waals surface area contributed by atoms with Crippen LogP contribution in [0.25, 0.3) is 0 Å². The number of hydrogen-bond donors (Lipinski definition) is 1. The molecule has 0 radical (unpaired) electrons. The van der Waals surface area contributed by atoms with Gasteiger partial charge in [0, 0.05) is 12.0 Å². The van der Waals surface area contributed by atoms with Gasteiger partial charge in [0.15, 0.2) is 0 Å². The third-order valence-electron chi connectivity index (χ3n) is 2.77. The standard InChI is InChI=1S/C12H19NO5/c1-11(2,3)18-10(17)13-6-12(4,7-14)5-8(13)9(15)16/h7-8H,5-6H2,1-4H3,(H,15,16)/t8-,12-/m0/s1. The smallest absolute Gasteiger partial charge is 0.411 e. The molecule has 1 rings (SSSR count). The number of rotatable bonds is 2. The van der Waals surface area contributed by atoms with Gasteiger partial charge in [0.05, 0.1) is 0 Å². The molecule has 102 valence electrons. The fourth-order valence-electron chi connectivity index (χ4n) is 1.93. The van der Waals surface area contributed by atoms with Crippen LogP contribution in [0.1, 0.15) is 34.1 Å². The van der Waals surface area contributed by atoms with Crippen LogP contribution in [0.4, 0.5) is 4.79 Å². The zero-order valence-electron chi connectivity index (χ0n) is 11.1. The van der Waals surface area contributed by atoms with Gasteiger partial charge in [-0.3, -0.25) is 4.90 Å². The summed E-state index contributed by atoms with van der Waals surface area (Å²) in [6.07, 6.45) is 0.124. The number of amides is 1. The molecule has 6 nitrogen and oxygen atoms in total. The zero-order valence-corrected chi connectivity index (χ0v) is 11.1. The van der Waals surface area contributed by atoms with Crippen molar-refractivity contribution in [3.8, 4) is 0 Å². The van der Waals surface area contributed by atoms with Crippen LogP contribution in [0.5, 0.6) is 0 Å². The topological polar surface area (TPSA) is 83.9 Å². The van der Waals surface area contributed by atoms with E-state index >= 15 is 0 Å². The summed E-state index contributed by atoms with van der Waals surface area (Å²) in [6, 6.07) is -1.00. The van der Waals surface area contributed by atoms with Crippen molar-refractivity contribution in [2.75, 3.05) is 6.54 Å². The van der Waals surface area contributed by atoms with Gasteiger partial charge in [-0.15, -0.1) is 0 Å². The molecule has 0 aromatic rings. The molecule has 0 bridgehead atoms. The van der Waals surface area contributed by atoms with E-state index in [1.54, 1.807) is 27.7 Å². The SMILES string of the molecule is CC(C)(C)OC(=O)N1C[C@@](C)(C=O)C[C@H]1C(=O)O. The third-order valence-corrected chi connectivity index (χ3v) is 2.77. The van der Waals surface area contributed by atoms with Gasteiger partial charge in [0.1, 0.15) is 17.9 Å². The van der Waals surface area contributed by atoms with Crippen molar-refractivity contribution in [2.24, 2.45) is 5.41 Å². The summed E-state index contributed by atoms with van der Waals surface area (Å²) in [5, 5.41) is 9.09. The van der Waals surface area contributed by atoms with Crippen LogP contribution in [0.2, 0.25) is 0 Å². The van der Waals surface area contributed by atoms with Crippen LogP contribution in [0.3, 0.4) is 0 Å². The Hall–Kier alpha value is -1.59. The quantitative estimate of drug-likeness (QED) is 0.753. The number of nitrogens with zero attached hydrogens (tertiary/aromatic N) is 1. The summed E-state index contributed by atoms with van der Waals surface area (Å²) in [6.45, 7) is 6.82. The molecule has 0 aromatic carbocycles. The van der Waals surface area contributed by atoms with Gasteiger partial charge in [-0.1, -0.05) is 6.92 Å². The zero-order chi connectivity index (χ0) is 14.1. The third kappa shape index (κ3) is 3.21. The van der Waals surface area contributed by atoms with Gasteiger partial charge < -0.3 is 14.6 Å². The lowest BCUT2D eigenvalue weighted by Gasteiger charge is -2.27. The van der Waals surface area contributed by atoms with E-state index in [1.807, 2.05) is 0 Å². The predicted octanol–water partition coefficient (Wildman–Crippen LogP) is 1.29. The van der Waals surface area contributed by atoms with Crippen molar-refractivity contribution in [1.82, 2.24) is 4.90 Å². The van der Waals surface area contributed by atoms with E-state index in [0.29, 0.717) is 6.29 Å². The van der Waals surface area contributed by atoms with E-state index in [-0.39, 0.29) is 13.0 Å². The number of ether oxygens (including phenoxy) is 1. The first-order valence-electron chi connectivity index (χ1n) is 5.77. The lowest BCUT2D eigenvalue weighted by atomic mass is 9.90. The Bertz CT molecular complexity index is 373. The number of aldehydes is 1. The fourth-order valence-corrected chi connectivity index (χ4v) is 1.93. The van der Waals surface area contributed by atoms with Crippen LogP contribution < -0.4 is 0 Å². The summed E-state index contributed by atoms with van der Waals surface area (Å²) < 4.78 is 5.15. The van der Waals surface area contributed by atoms with Crippen molar-refractivity contribution in [3.63, 3.8) is 0 Å². The minimum Gasteiger partial charge on any atom is -0.480 e. The minimum atomic E-state index is -1.12. The summed E-state index contributed by atoms with van der Waals surface area (Å²) in [4.78, 5) is 35.1. The number of hydrogen-bond acceptors (Lipinski definition) is 4. The number of carboxylic acids is 1. The van der Waals surface area contributed by atoms with Gasteiger partial charge in [-0.05, 0) is 27.2 Å². The molecule has 2 atom stereocenters. The van der Waals surface area contributed by atoms with Gasteiger partial charge in [0.25, 0.3) is 0 Å². The molecule has 1 saturated heterocycles. The lowest BCUT2D eigenvalue weighted by molar-refractivity contribution is -0.142. The molecule has 0 unspecified atom stereocenters. The molecular weight excluding hydrogens is 238 g/mol. The van der Waals surface area contributed by atoms with E-state index in [2.05, 4.69) is 0 Å². The number of carbonyl (C=O) groups is 3. The van der Waals surface area contributed by atoms with E-state index in [1.165, 1.54) is 0 Å². The van der Waals surface area contributed by atoms with E-state index in [4.69, 9.17) is 9.84 Å². The highest BCUT2D eigenvalue weighted by Gasteiger charge is 2.47. The van der Waals surface area contributed by atoms with Crippen LogP contribution in [0, 0.1) is 5.41 Å². The molecule has 0 spiro atoms. The highest BCUT2D eigenvalue weighted by atomic mass is 16.6. The minimum absolute atomic E-state index is 0.0718. The second-order valence-corrected chi connectivity index (χ2v) is 5.94. The van der Waals surface area contributed by atoms with Crippen LogP contribution >= 0.6 is 0 Å². The number of likely N-dealkylation sites (tertiary alicyclic amines) is 1. The molecule has 1 N–H and O–H groups in total. The molecular formula is C12H19NO5. The summed E-state index contributed by atoms with van der Waals surface area (Å²) in [5.74, 6) is -1.12. The predicted molar refractivity (Wildman–Crippen MR) is 63.2 cm³/mol. The number of carbonyl (C=O) groups excluding carboxylic acids is 2. The molecule has 6 heteroatoms. The fraction of sp³-hybridized carbons (Fsp3) is 0.750. The Labute approximate surface area is 106 Å². The molecule has 0 saturated carbocycles. The Morgan fingerprint density at radius 2 is 2.00 bits per heavy atom. The van der Waals surface area contributed by atoms with Gasteiger partial charge in [-0.2, -0.15) is 0 Å². The Morgan fingerprint density at radius 3 is 2.39 bits per heavy atom. The maximum atomic E-state index is 11.9. The van der Waals surface area contributed by atoms with Crippen molar-refractivity contribution < 1.29 is 24.2 Å². The van der Waals surface area contributed by atoms with Gasteiger partial charge in [-0.25, -0.2) is 9.59 Å². The maximum Gasteiger partial charge on any atom is 0.411 e. The molecule has 0 aliphatic carbocycles. The first-order chi connectivity index (χ1) is 8.08. The highest BCUT2D eigenvalue weighted by Crippen LogP contribution is 2.33. The van der Waals surface area contributed by atoms with Crippen molar-refractivity contribution in [3.05, 3.63) is 0 Å². The van der Waals surface area contributed by atoms with Crippen LogP contribution in [-0.2, 0) is 14.3 Å². The van der Waals surface area contributed by atoms with Gasteiger partial charge in [0.2, 0.25) is 0 Å². The average Bonchev–Trinajstić information content (AvgIpc) is 2.55. The Balaban J connectivity index is 2.89. The van der Waals surface area contributed by atoms with Crippen molar-refractivity contribution in [1.29, 1.82) is 0 Å². The van der Waals surface area contributed by atoms with Crippen molar-refractivity contribution >= 4 is 18.3 Å². The summed E-state index contributed by atoms with van der Waals surface area (Å²) >= 11 is 0. The average molecular weight is 257 g/mol. The van der Waals surface area contributed by atoms with E-state index in [9.17, 15) is 14.4 Å². The van der Waals surface area contributed by atoms with E-state index < -0.39 is 29.1 Å². The van der Waals surface area contributed by atoms with Gasteiger partial charge >= 0.3 is 12.1 Å². The summed E-state index contributed by atoms with van der Waals surface area (Å²) in [5.41, 5.74) is -1.51. The second kappa shape index (κ2) is 4.59. The second-order valence-electron chi connectivity index (χ2n) is 5.94. The van der Waals surface area contributed by atoms with Crippen molar-refractivity contribution in [2.45, 2.75) is 45.8 Å². The highest BCUT2D eigenvalue weighted by molar-refractivity contribution is 5.82. The molecule has 1 aliphatic heterocycles. The van der Waals surface area contributed by atoms with Crippen LogP contribution in [0.15, 0.2) is 0 Å². The monoisotopic (exact) mass is 257 g/mol. The molecule has 1 fully saturated rings. The largest absolute Gasteiger partial charge is 0.480 e. The normalized spacial score (nSPS) is 28.0. The number of aliphatic carboxylic acids is 1. The first-order valence-corrected chi connectivity index (χ1v) is 5.77. The molecule has 1 amide bonds. The molecule has 1 aliphatic rings. The maximum absolute atomic E-state index is 11.9. The number of carboxylic acid groups (broad SMARTS) is 1. The summed E-state index contributed by atoms with van der Waals surface area (Å²) in [7, 11) is 0. The molecule has 18 heavy (non-hydrogen) atoms. The Kier molecular flexibility index (Phi) is 3.69. The lowest BCUT2D eigenvalue weighted by Crippen LogP contribution is -2.43. The van der Waals surface area contributed by atoms with Crippen LogP contribution in [-0.4, -0.2) is 46.5 Å². The first kappa shape index (κ1) is 14.5. The molecule has 0 aromatic heterocycles.